The van der Waals surface area contributed by atoms with Gasteiger partial charge in [-0.05, 0) is 42.4 Å². The molecule has 2 aromatic rings. The van der Waals surface area contributed by atoms with Crippen LogP contribution < -0.4 is 0 Å². The number of methoxy groups -OCH3 is 2. The van der Waals surface area contributed by atoms with E-state index in [1.807, 2.05) is 4.90 Å². The average Bonchev–Trinajstić information content (AvgIpc) is 2.75. The smallest absolute Gasteiger partial charge is 0.318 e. The summed E-state index contributed by atoms with van der Waals surface area (Å²) in [4.78, 5) is 40.6. The molecule has 0 aliphatic carbocycles. The van der Waals surface area contributed by atoms with Gasteiger partial charge in [0.2, 0.25) is 0 Å². The highest BCUT2D eigenvalue weighted by atomic mass is 35.5. The van der Waals surface area contributed by atoms with Gasteiger partial charge in [0.05, 0.1) is 26.3 Å². The summed E-state index contributed by atoms with van der Waals surface area (Å²) in [5, 5.41) is 1.06. The Balaban J connectivity index is 2.18. The number of Topliss-reactive ketones (excluding diaryl/α,β-unsaturated/α-hetero) is 1. The van der Waals surface area contributed by atoms with Gasteiger partial charge in [0, 0.05) is 10.0 Å². The quantitative estimate of drug-likeness (QED) is 0.520. The van der Waals surface area contributed by atoms with Crippen molar-refractivity contribution in [2.45, 2.75) is 12.1 Å². The second-order valence-electron chi connectivity index (χ2n) is 7.06. The number of piperidine rings is 1. The van der Waals surface area contributed by atoms with E-state index in [0.29, 0.717) is 21.2 Å². The fraction of sp³-hybridized carbons (Fsp3) is 0.318. The van der Waals surface area contributed by atoms with Gasteiger partial charge in [0.15, 0.2) is 5.78 Å². The van der Waals surface area contributed by atoms with E-state index in [2.05, 4.69) is 0 Å². The summed E-state index contributed by atoms with van der Waals surface area (Å²) in [6.07, 6.45) is 0. The average molecular weight is 450 g/mol. The van der Waals surface area contributed by atoms with Crippen LogP contribution in [-0.4, -0.2) is 43.9 Å². The maximum Gasteiger partial charge on any atom is 0.318 e. The minimum absolute atomic E-state index is 0.528. The zero-order valence-corrected chi connectivity index (χ0v) is 18.2. The van der Waals surface area contributed by atoms with Crippen LogP contribution in [0.5, 0.6) is 0 Å². The third-order valence-electron chi connectivity index (χ3n) is 5.46. The molecule has 0 bridgehead atoms. The number of halogens is 2. The lowest BCUT2D eigenvalue weighted by molar-refractivity contribution is -0.167. The molecular weight excluding hydrogens is 429 g/mol. The zero-order valence-electron chi connectivity index (χ0n) is 16.7. The molecule has 3 rings (SSSR count). The van der Waals surface area contributed by atoms with E-state index in [9.17, 15) is 14.4 Å². The van der Waals surface area contributed by atoms with Crippen molar-refractivity contribution in [2.75, 3.05) is 21.3 Å². The number of ketones is 1. The Kier molecular flexibility index (Phi) is 6.81. The van der Waals surface area contributed by atoms with Crippen molar-refractivity contribution in [3.63, 3.8) is 0 Å². The van der Waals surface area contributed by atoms with Crippen molar-refractivity contribution < 1.29 is 23.9 Å². The largest absolute Gasteiger partial charge is 0.468 e. The zero-order chi connectivity index (χ0) is 22.0. The van der Waals surface area contributed by atoms with Gasteiger partial charge in [-0.3, -0.25) is 19.3 Å². The van der Waals surface area contributed by atoms with Crippen molar-refractivity contribution in [3.05, 3.63) is 69.7 Å². The van der Waals surface area contributed by atoms with Gasteiger partial charge in [-0.1, -0.05) is 47.5 Å². The van der Waals surface area contributed by atoms with Gasteiger partial charge < -0.3 is 9.47 Å². The summed E-state index contributed by atoms with van der Waals surface area (Å²) < 4.78 is 9.84. The summed E-state index contributed by atoms with van der Waals surface area (Å²) in [5.41, 5.74) is 1.40. The van der Waals surface area contributed by atoms with Crippen molar-refractivity contribution in [2.24, 2.45) is 11.8 Å². The molecule has 0 spiro atoms. The Bertz CT molecular complexity index is 870. The highest BCUT2D eigenvalue weighted by Gasteiger charge is 2.54. The van der Waals surface area contributed by atoms with Crippen molar-refractivity contribution in [1.82, 2.24) is 4.90 Å². The van der Waals surface area contributed by atoms with Crippen LogP contribution in [0, 0.1) is 11.8 Å². The molecule has 6 nitrogen and oxygen atoms in total. The van der Waals surface area contributed by atoms with Crippen molar-refractivity contribution in [3.8, 4) is 0 Å². The standard InChI is InChI=1S/C22H21Cl2NO5/c1-25-18(12-4-8-14(23)9-5-12)16(21(27)29-2)20(26)17(22(28)30-3)19(25)13-6-10-15(24)11-7-13/h4-11,16-19H,1-3H3/t16-,17+,18-,19+. The van der Waals surface area contributed by atoms with Crippen LogP contribution in [0.2, 0.25) is 10.0 Å². The number of hydrogen-bond donors (Lipinski definition) is 0. The number of rotatable bonds is 4. The third kappa shape index (κ3) is 4.08. The van der Waals surface area contributed by atoms with Gasteiger partial charge >= 0.3 is 11.9 Å². The molecule has 0 N–H and O–H groups in total. The van der Waals surface area contributed by atoms with E-state index in [4.69, 9.17) is 32.7 Å². The van der Waals surface area contributed by atoms with E-state index >= 15 is 0 Å². The molecule has 4 atom stereocenters. The number of carbonyl (C=O) groups is 3. The van der Waals surface area contributed by atoms with Crippen LogP contribution in [0.25, 0.3) is 0 Å². The minimum atomic E-state index is -1.20. The molecule has 0 unspecified atom stereocenters. The first kappa shape index (κ1) is 22.3. The van der Waals surface area contributed by atoms with Crippen molar-refractivity contribution >= 4 is 40.9 Å². The normalized spacial score (nSPS) is 24.4. The molecule has 1 heterocycles. The SMILES string of the molecule is COC(=O)[C@H]1C(=O)[C@@H](C(=O)OC)[C@H](c2ccc(Cl)cc2)N(C)[C@@H]1c1ccc(Cl)cc1. The van der Waals surface area contributed by atoms with Gasteiger partial charge in [-0.25, -0.2) is 0 Å². The Morgan fingerprint density at radius 1 is 0.767 bits per heavy atom. The lowest BCUT2D eigenvalue weighted by Gasteiger charge is -2.46. The topological polar surface area (TPSA) is 72.9 Å². The molecule has 2 aromatic carbocycles. The van der Waals surface area contributed by atoms with E-state index in [1.165, 1.54) is 14.2 Å². The number of hydrogen-bond acceptors (Lipinski definition) is 6. The van der Waals surface area contributed by atoms with Crippen LogP contribution in [0.4, 0.5) is 0 Å². The number of ether oxygens (including phenoxy) is 2. The first-order valence-electron chi connectivity index (χ1n) is 9.22. The van der Waals surface area contributed by atoms with E-state index < -0.39 is 41.6 Å². The molecule has 1 aliphatic rings. The third-order valence-corrected chi connectivity index (χ3v) is 5.96. The van der Waals surface area contributed by atoms with E-state index in [1.54, 1.807) is 55.6 Å². The van der Waals surface area contributed by atoms with Crippen LogP contribution in [0.15, 0.2) is 48.5 Å². The van der Waals surface area contributed by atoms with Crippen LogP contribution >= 0.6 is 23.2 Å². The first-order chi connectivity index (χ1) is 14.3. The van der Waals surface area contributed by atoms with E-state index in [0.717, 1.165) is 0 Å². The minimum Gasteiger partial charge on any atom is -0.468 e. The predicted molar refractivity (Wildman–Crippen MR) is 112 cm³/mol. The van der Waals surface area contributed by atoms with Crippen molar-refractivity contribution in [1.29, 1.82) is 0 Å². The molecular formula is C22H21Cl2NO5. The first-order valence-corrected chi connectivity index (χ1v) is 9.98. The maximum atomic E-state index is 13.5. The number of benzene rings is 2. The molecule has 8 heteroatoms. The molecule has 1 fully saturated rings. The number of nitrogens with zero attached hydrogens (tertiary/aromatic N) is 1. The highest BCUT2D eigenvalue weighted by Crippen LogP contribution is 2.46. The summed E-state index contributed by atoms with van der Waals surface area (Å²) in [6.45, 7) is 0. The Morgan fingerprint density at radius 2 is 1.10 bits per heavy atom. The molecule has 0 saturated carbocycles. The second kappa shape index (κ2) is 9.16. The summed E-state index contributed by atoms with van der Waals surface area (Å²) >= 11 is 12.0. The number of esters is 2. The Hall–Kier alpha value is -2.41. The summed E-state index contributed by atoms with van der Waals surface area (Å²) in [5.74, 6) is -4.38. The van der Waals surface area contributed by atoms with E-state index in [-0.39, 0.29) is 0 Å². The van der Waals surface area contributed by atoms with Gasteiger partial charge in [-0.2, -0.15) is 0 Å². The number of carbonyl (C=O) groups excluding carboxylic acids is 3. The molecule has 158 valence electrons. The van der Waals surface area contributed by atoms with Gasteiger partial charge in [0.25, 0.3) is 0 Å². The van der Waals surface area contributed by atoms with Gasteiger partial charge in [0.1, 0.15) is 11.8 Å². The van der Waals surface area contributed by atoms with Crippen LogP contribution in [0.1, 0.15) is 23.2 Å². The molecule has 1 saturated heterocycles. The Morgan fingerprint density at radius 3 is 1.40 bits per heavy atom. The maximum absolute atomic E-state index is 13.5. The lowest BCUT2D eigenvalue weighted by Crippen LogP contribution is -2.54. The van der Waals surface area contributed by atoms with Gasteiger partial charge in [-0.15, -0.1) is 0 Å². The monoisotopic (exact) mass is 449 g/mol. The van der Waals surface area contributed by atoms with Crippen LogP contribution in [0.3, 0.4) is 0 Å². The molecule has 1 aliphatic heterocycles. The summed E-state index contributed by atoms with van der Waals surface area (Å²) in [6, 6.07) is 12.4. The fourth-order valence-electron chi connectivity index (χ4n) is 4.07. The molecule has 30 heavy (non-hydrogen) atoms. The Labute approximate surface area is 184 Å². The predicted octanol–water partition coefficient (Wildman–Crippen LogP) is 3.87. The molecule has 0 amide bonds. The summed E-state index contributed by atoms with van der Waals surface area (Å²) in [7, 11) is 4.19. The number of likely N-dealkylation sites (tertiary alicyclic amines) is 1. The van der Waals surface area contributed by atoms with Crippen LogP contribution in [-0.2, 0) is 23.9 Å². The second-order valence-corrected chi connectivity index (χ2v) is 7.94. The highest BCUT2D eigenvalue weighted by molar-refractivity contribution is 6.30. The fourth-order valence-corrected chi connectivity index (χ4v) is 4.32. The molecule has 0 radical (unpaired) electrons. The molecule has 0 aromatic heterocycles. The lowest BCUT2D eigenvalue weighted by atomic mass is 9.73.